The summed E-state index contributed by atoms with van der Waals surface area (Å²) in [5, 5.41) is 9.54. The number of rotatable bonds is 4. The number of aryl methyl sites for hydroxylation is 1. The van der Waals surface area contributed by atoms with Gasteiger partial charge in [-0.15, -0.1) is 0 Å². The van der Waals surface area contributed by atoms with Gasteiger partial charge in [-0.3, -0.25) is 14.9 Å². The zero-order valence-electron chi connectivity index (χ0n) is 13.5. The number of benzene rings is 1. The minimum Gasteiger partial charge on any atom is -0.497 e. The lowest BCUT2D eigenvalue weighted by Gasteiger charge is -2.23. The molecule has 0 saturated heterocycles. The molecule has 2 N–H and O–H groups in total. The average Bonchev–Trinajstić information content (AvgIpc) is 2.94. The summed E-state index contributed by atoms with van der Waals surface area (Å²) in [5.41, 5.74) is 0.479. The molecule has 0 aliphatic carbocycles. The lowest BCUT2D eigenvalue weighted by atomic mass is 10.1. The molecular weight excluding hydrogens is 314 g/mol. The fourth-order valence-corrected chi connectivity index (χ4v) is 2.49. The van der Waals surface area contributed by atoms with Gasteiger partial charge in [0.2, 0.25) is 17.8 Å². The first-order chi connectivity index (χ1) is 11.5. The second kappa shape index (κ2) is 6.19. The molecule has 1 aliphatic rings. The predicted molar refractivity (Wildman–Crippen MR) is 85.2 cm³/mol. The van der Waals surface area contributed by atoms with Gasteiger partial charge >= 0.3 is 0 Å². The van der Waals surface area contributed by atoms with Crippen LogP contribution >= 0.6 is 0 Å². The summed E-state index contributed by atoms with van der Waals surface area (Å²) < 4.78 is 11.8. The van der Waals surface area contributed by atoms with E-state index in [4.69, 9.17) is 9.47 Å². The quantitative estimate of drug-likeness (QED) is 0.869. The van der Waals surface area contributed by atoms with Crippen LogP contribution < -0.4 is 20.1 Å². The van der Waals surface area contributed by atoms with E-state index in [1.807, 2.05) is 0 Å². The minimum absolute atomic E-state index is 0.0138. The molecule has 126 valence electrons. The summed E-state index contributed by atoms with van der Waals surface area (Å²) in [4.78, 5) is 28.5. The maximum atomic E-state index is 12.6. The van der Waals surface area contributed by atoms with Crippen molar-refractivity contribution in [2.45, 2.75) is 19.4 Å². The summed E-state index contributed by atoms with van der Waals surface area (Å²) >= 11 is 0. The largest absolute Gasteiger partial charge is 0.497 e. The second-order valence-corrected chi connectivity index (χ2v) is 5.25. The topological polar surface area (TPSA) is 107 Å². The van der Waals surface area contributed by atoms with Crippen molar-refractivity contribution in [2.24, 2.45) is 0 Å². The highest BCUT2D eigenvalue weighted by molar-refractivity contribution is 6.01. The van der Waals surface area contributed by atoms with Crippen molar-refractivity contribution in [3.63, 3.8) is 0 Å². The molecule has 0 unspecified atom stereocenters. The lowest BCUT2D eigenvalue weighted by Crippen LogP contribution is -2.36. The first-order valence-corrected chi connectivity index (χ1v) is 7.27. The van der Waals surface area contributed by atoms with Crippen molar-refractivity contribution in [1.29, 1.82) is 0 Å². The molecule has 0 fully saturated rings. The fourth-order valence-electron chi connectivity index (χ4n) is 2.49. The highest BCUT2D eigenvalue weighted by Gasteiger charge is 2.33. The molecule has 0 bridgehead atoms. The van der Waals surface area contributed by atoms with Gasteiger partial charge in [0.15, 0.2) is 0 Å². The van der Waals surface area contributed by atoms with E-state index in [0.29, 0.717) is 23.0 Å². The van der Waals surface area contributed by atoms with E-state index in [2.05, 4.69) is 20.7 Å². The Kier molecular flexibility index (Phi) is 4.07. The molecule has 0 radical (unpaired) electrons. The number of carbonyl (C=O) groups excluding carboxylic acids is 2. The Morgan fingerprint density at radius 2 is 2.17 bits per heavy atom. The van der Waals surface area contributed by atoms with Crippen LogP contribution in [0, 0.1) is 6.92 Å². The first-order valence-electron chi connectivity index (χ1n) is 7.27. The van der Waals surface area contributed by atoms with E-state index in [-0.39, 0.29) is 24.2 Å². The number of carbonyl (C=O) groups is 2. The molecule has 1 aromatic carbocycles. The Morgan fingerprint density at radius 1 is 1.38 bits per heavy atom. The van der Waals surface area contributed by atoms with E-state index in [1.54, 1.807) is 32.2 Å². The van der Waals surface area contributed by atoms with Crippen LogP contribution in [0.25, 0.3) is 0 Å². The Hall–Kier alpha value is -3.10. The zero-order chi connectivity index (χ0) is 17.3. The summed E-state index contributed by atoms with van der Waals surface area (Å²) in [6, 6.07) is 4.26. The third-order valence-corrected chi connectivity index (χ3v) is 3.63. The Balaban J connectivity index is 1.86. The minimum atomic E-state index is -0.776. The van der Waals surface area contributed by atoms with E-state index < -0.39 is 6.04 Å². The number of nitrogens with one attached hydrogen (secondary N) is 2. The third kappa shape index (κ3) is 2.87. The van der Waals surface area contributed by atoms with Crippen LogP contribution in [0.2, 0.25) is 0 Å². The standard InChI is InChI=1S/C15H17N5O4/c1-8-16-15-18-13(21)7-11(20(15)19-8)14(22)17-10-5-4-9(23-2)6-12(10)24-3/h4-6,11H,7H2,1-3H3,(H,17,22)(H,16,18,19,21)/t11-/m1/s1. The monoisotopic (exact) mass is 331 g/mol. The number of aromatic nitrogens is 3. The molecule has 1 aromatic heterocycles. The lowest BCUT2D eigenvalue weighted by molar-refractivity contribution is -0.125. The Morgan fingerprint density at radius 3 is 2.88 bits per heavy atom. The first kappa shape index (κ1) is 15.8. The van der Waals surface area contributed by atoms with Gasteiger partial charge in [-0.25, -0.2) is 4.68 Å². The molecular formula is C15H17N5O4. The summed E-state index contributed by atoms with van der Waals surface area (Å²) in [5.74, 6) is 1.16. The van der Waals surface area contributed by atoms with Gasteiger partial charge in [0.1, 0.15) is 23.4 Å². The number of hydrogen-bond donors (Lipinski definition) is 2. The number of amides is 2. The van der Waals surface area contributed by atoms with Crippen molar-refractivity contribution < 1.29 is 19.1 Å². The van der Waals surface area contributed by atoms with Gasteiger partial charge in [0.05, 0.1) is 26.3 Å². The molecule has 2 heterocycles. The Bertz CT molecular complexity index is 801. The molecule has 3 rings (SSSR count). The highest BCUT2D eigenvalue weighted by Crippen LogP contribution is 2.31. The van der Waals surface area contributed by atoms with Gasteiger partial charge < -0.3 is 14.8 Å². The van der Waals surface area contributed by atoms with Crippen molar-refractivity contribution >= 4 is 23.5 Å². The van der Waals surface area contributed by atoms with Crippen LogP contribution in [0.4, 0.5) is 11.6 Å². The van der Waals surface area contributed by atoms with Gasteiger partial charge in [0.25, 0.3) is 0 Å². The molecule has 2 aromatic rings. The molecule has 2 amide bonds. The van der Waals surface area contributed by atoms with Gasteiger partial charge in [0, 0.05) is 6.07 Å². The third-order valence-electron chi connectivity index (χ3n) is 3.63. The van der Waals surface area contributed by atoms with E-state index in [9.17, 15) is 9.59 Å². The smallest absolute Gasteiger partial charge is 0.250 e. The molecule has 0 saturated carbocycles. The van der Waals surface area contributed by atoms with Crippen LogP contribution in [0.5, 0.6) is 11.5 Å². The van der Waals surface area contributed by atoms with Crippen LogP contribution in [0.3, 0.4) is 0 Å². The second-order valence-electron chi connectivity index (χ2n) is 5.25. The molecule has 1 aliphatic heterocycles. The maximum Gasteiger partial charge on any atom is 0.250 e. The number of fused-ring (bicyclic) bond motifs is 1. The average molecular weight is 331 g/mol. The number of ether oxygens (including phenoxy) is 2. The Labute approximate surface area is 138 Å². The SMILES string of the molecule is COc1ccc(NC(=O)[C@H]2CC(=O)Nc3nc(C)nn32)c(OC)c1. The number of hydrogen-bond acceptors (Lipinski definition) is 6. The molecule has 24 heavy (non-hydrogen) atoms. The highest BCUT2D eigenvalue weighted by atomic mass is 16.5. The fraction of sp³-hybridized carbons (Fsp3) is 0.333. The molecule has 9 nitrogen and oxygen atoms in total. The zero-order valence-corrected chi connectivity index (χ0v) is 13.5. The van der Waals surface area contributed by atoms with E-state index in [0.717, 1.165) is 0 Å². The number of methoxy groups -OCH3 is 2. The van der Waals surface area contributed by atoms with Crippen LogP contribution in [0.1, 0.15) is 18.3 Å². The summed E-state index contributed by atoms with van der Waals surface area (Å²) in [6.07, 6.45) is -0.0138. The maximum absolute atomic E-state index is 12.6. The predicted octanol–water partition coefficient (Wildman–Crippen LogP) is 1.13. The van der Waals surface area contributed by atoms with Crippen molar-refractivity contribution in [3.8, 4) is 11.5 Å². The molecule has 9 heteroatoms. The van der Waals surface area contributed by atoms with Gasteiger partial charge in [-0.05, 0) is 19.1 Å². The van der Waals surface area contributed by atoms with Crippen molar-refractivity contribution in [3.05, 3.63) is 24.0 Å². The molecule has 0 spiro atoms. The van der Waals surface area contributed by atoms with Crippen molar-refractivity contribution in [1.82, 2.24) is 14.8 Å². The van der Waals surface area contributed by atoms with Crippen LogP contribution in [-0.4, -0.2) is 40.8 Å². The summed E-state index contributed by atoms with van der Waals surface area (Å²) in [7, 11) is 3.04. The van der Waals surface area contributed by atoms with Crippen molar-refractivity contribution in [2.75, 3.05) is 24.9 Å². The van der Waals surface area contributed by atoms with Gasteiger partial charge in [-0.1, -0.05) is 0 Å². The van der Waals surface area contributed by atoms with E-state index >= 15 is 0 Å². The number of nitrogens with zero attached hydrogens (tertiary/aromatic N) is 3. The summed E-state index contributed by atoms with van der Waals surface area (Å²) in [6.45, 7) is 1.69. The van der Waals surface area contributed by atoms with Gasteiger partial charge in [-0.2, -0.15) is 10.1 Å². The number of anilines is 2. The molecule has 1 atom stereocenters. The van der Waals surface area contributed by atoms with E-state index in [1.165, 1.54) is 11.8 Å². The van der Waals surface area contributed by atoms with Crippen LogP contribution in [0.15, 0.2) is 18.2 Å². The normalized spacial score (nSPS) is 16.1. The van der Waals surface area contributed by atoms with Crippen LogP contribution in [-0.2, 0) is 9.59 Å².